The Morgan fingerprint density at radius 1 is 1.38 bits per heavy atom. The van der Waals surface area contributed by atoms with E-state index in [0.29, 0.717) is 6.04 Å². The van der Waals surface area contributed by atoms with E-state index in [1.54, 1.807) is 0 Å². The molecule has 1 aromatic rings. The summed E-state index contributed by atoms with van der Waals surface area (Å²) in [4.78, 5) is 2.48. The minimum atomic E-state index is -0.127. The highest BCUT2D eigenvalue weighted by Gasteiger charge is 2.43. The molecule has 2 atom stereocenters. The molecule has 2 saturated heterocycles. The molecule has 1 spiro atoms. The second kappa shape index (κ2) is 8.15. The lowest BCUT2D eigenvalue weighted by Gasteiger charge is -2.34. The third-order valence-electron chi connectivity index (χ3n) is 5.09. The molecule has 0 radical (unpaired) electrons. The van der Waals surface area contributed by atoms with Gasteiger partial charge in [-0.25, -0.2) is 0 Å². The van der Waals surface area contributed by atoms with Crippen molar-refractivity contribution in [1.82, 2.24) is 10.2 Å². The summed E-state index contributed by atoms with van der Waals surface area (Å²) >= 11 is 6.21. The van der Waals surface area contributed by atoms with Crippen molar-refractivity contribution in [2.45, 2.75) is 51.0 Å². The van der Waals surface area contributed by atoms with Crippen LogP contribution < -0.4 is 5.32 Å². The Kier molecular flexibility index (Phi) is 6.17. The van der Waals surface area contributed by atoms with Gasteiger partial charge in [0.05, 0.1) is 19.3 Å². The molecule has 0 saturated carbocycles. The number of halogens is 1. The zero-order valence-corrected chi connectivity index (χ0v) is 15.5. The van der Waals surface area contributed by atoms with Crippen molar-refractivity contribution < 1.29 is 9.47 Å². The molecule has 5 heteroatoms. The standard InChI is InChI=1S/C19H29ClN2O2/c1-15(2)22-9-10-23-14-19(13-22)8-7-17(24-19)12-21-11-16-5-3-4-6-18(16)20/h3-6,15,17,21H,7-14H2,1-2H3/t17-,19-/m0/s1. The minimum absolute atomic E-state index is 0.127. The van der Waals surface area contributed by atoms with E-state index in [0.717, 1.165) is 62.8 Å². The maximum atomic E-state index is 6.46. The van der Waals surface area contributed by atoms with Crippen LogP contribution in [0.1, 0.15) is 32.3 Å². The normalized spacial score (nSPS) is 28.6. The Morgan fingerprint density at radius 3 is 3.00 bits per heavy atom. The van der Waals surface area contributed by atoms with Crippen LogP contribution in [0.2, 0.25) is 5.02 Å². The van der Waals surface area contributed by atoms with Gasteiger partial charge in [-0.1, -0.05) is 29.8 Å². The summed E-state index contributed by atoms with van der Waals surface area (Å²) in [5.41, 5.74) is 1.01. The number of nitrogens with zero attached hydrogens (tertiary/aromatic N) is 1. The van der Waals surface area contributed by atoms with Crippen molar-refractivity contribution in [2.24, 2.45) is 0 Å². The van der Waals surface area contributed by atoms with Crippen molar-refractivity contribution in [3.05, 3.63) is 34.9 Å². The zero-order valence-electron chi connectivity index (χ0n) is 14.8. The van der Waals surface area contributed by atoms with Gasteiger partial charge in [-0.2, -0.15) is 0 Å². The van der Waals surface area contributed by atoms with E-state index in [-0.39, 0.29) is 11.7 Å². The number of nitrogens with one attached hydrogen (secondary N) is 1. The number of hydrogen-bond acceptors (Lipinski definition) is 4. The van der Waals surface area contributed by atoms with Gasteiger partial charge in [-0.3, -0.25) is 4.90 Å². The van der Waals surface area contributed by atoms with Crippen molar-refractivity contribution in [2.75, 3.05) is 32.8 Å². The molecule has 0 aliphatic carbocycles. The third kappa shape index (κ3) is 4.50. The molecule has 3 rings (SSSR count). The van der Waals surface area contributed by atoms with Gasteiger partial charge < -0.3 is 14.8 Å². The molecule has 1 N–H and O–H groups in total. The van der Waals surface area contributed by atoms with E-state index in [1.807, 2.05) is 18.2 Å². The average Bonchev–Trinajstić information content (AvgIpc) is 2.82. The van der Waals surface area contributed by atoms with Gasteiger partial charge in [0.2, 0.25) is 0 Å². The Balaban J connectivity index is 1.50. The van der Waals surface area contributed by atoms with Gasteiger partial charge in [0.15, 0.2) is 0 Å². The molecule has 2 heterocycles. The molecule has 24 heavy (non-hydrogen) atoms. The lowest BCUT2D eigenvalue weighted by atomic mass is 9.99. The Labute approximate surface area is 150 Å². The van der Waals surface area contributed by atoms with Crippen LogP contribution in [0.25, 0.3) is 0 Å². The SMILES string of the molecule is CC(C)N1CCOC[C@]2(CC[C@@H](CNCc3ccccc3Cl)O2)C1. The topological polar surface area (TPSA) is 33.7 Å². The molecule has 0 bridgehead atoms. The number of benzene rings is 1. The fraction of sp³-hybridized carbons (Fsp3) is 0.684. The van der Waals surface area contributed by atoms with Crippen molar-refractivity contribution in [3.63, 3.8) is 0 Å². The average molecular weight is 353 g/mol. The van der Waals surface area contributed by atoms with Crippen LogP contribution in [-0.2, 0) is 16.0 Å². The van der Waals surface area contributed by atoms with E-state index in [4.69, 9.17) is 21.1 Å². The molecule has 2 aliphatic rings. The Morgan fingerprint density at radius 2 is 2.21 bits per heavy atom. The van der Waals surface area contributed by atoms with E-state index < -0.39 is 0 Å². The summed E-state index contributed by atoms with van der Waals surface area (Å²) in [6.07, 6.45) is 2.42. The summed E-state index contributed by atoms with van der Waals surface area (Å²) in [6.45, 7) is 9.63. The quantitative estimate of drug-likeness (QED) is 0.883. The first-order valence-electron chi connectivity index (χ1n) is 9.02. The lowest BCUT2D eigenvalue weighted by molar-refractivity contribution is -0.0866. The van der Waals surface area contributed by atoms with Crippen LogP contribution in [0.15, 0.2) is 24.3 Å². The number of ether oxygens (including phenoxy) is 2. The molecule has 0 aromatic heterocycles. The number of hydrogen-bond donors (Lipinski definition) is 1. The van der Waals surface area contributed by atoms with Crippen molar-refractivity contribution in [1.29, 1.82) is 0 Å². The Hall–Kier alpha value is -0.650. The summed E-state index contributed by atoms with van der Waals surface area (Å²) < 4.78 is 12.3. The second-order valence-corrected chi connectivity index (χ2v) is 7.71. The molecule has 0 unspecified atom stereocenters. The molecule has 2 aliphatic heterocycles. The molecule has 1 aromatic carbocycles. The number of rotatable bonds is 5. The minimum Gasteiger partial charge on any atom is -0.377 e. The molecule has 2 fully saturated rings. The molecule has 0 amide bonds. The van der Waals surface area contributed by atoms with Gasteiger partial charge >= 0.3 is 0 Å². The monoisotopic (exact) mass is 352 g/mol. The first-order valence-corrected chi connectivity index (χ1v) is 9.39. The predicted octanol–water partition coefficient (Wildman–Crippen LogP) is 3.09. The van der Waals surface area contributed by atoms with Gasteiger partial charge in [-0.15, -0.1) is 0 Å². The van der Waals surface area contributed by atoms with Crippen molar-refractivity contribution >= 4 is 11.6 Å². The Bertz CT molecular complexity index is 540. The highest BCUT2D eigenvalue weighted by atomic mass is 35.5. The summed E-state index contributed by atoms with van der Waals surface area (Å²) in [5, 5.41) is 4.31. The third-order valence-corrected chi connectivity index (χ3v) is 5.46. The predicted molar refractivity (Wildman–Crippen MR) is 97.5 cm³/mol. The van der Waals surface area contributed by atoms with Gasteiger partial charge in [0.25, 0.3) is 0 Å². The fourth-order valence-electron chi connectivity index (χ4n) is 3.65. The zero-order chi connectivity index (χ0) is 17.0. The summed E-state index contributed by atoms with van der Waals surface area (Å²) in [7, 11) is 0. The van der Waals surface area contributed by atoms with Gasteiger partial charge in [-0.05, 0) is 38.3 Å². The van der Waals surface area contributed by atoms with Gasteiger partial charge in [0, 0.05) is 37.2 Å². The van der Waals surface area contributed by atoms with E-state index in [1.165, 1.54) is 0 Å². The largest absolute Gasteiger partial charge is 0.377 e. The van der Waals surface area contributed by atoms with E-state index >= 15 is 0 Å². The molecule has 4 nitrogen and oxygen atoms in total. The van der Waals surface area contributed by atoms with Crippen molar-refractivity contribution in [3.8, 4) is 0 Å². The second-order valence-electron chi connectivity index (χ2n) is 7.30. The van der Waals surface area contributed by atoms with Crippen LogP contribution >= 0.6 is 11.6 Å². The summed E-state index contributed by atoms with van der Waals surface area (Å²) in [6, 6.07) is 8.51. The maximum absolute atomic E-state index is 6.46. The fourth-order valence-corrected chi connectivity index (χ4v) is 3.85. The highest BCUT2D eigenvalue weighted by molar-refractivity contribution is 6.31. The van der Waals surface area contributed by atoms with Crippen LogP contribution in [0.5, 0.6) is 0 Å². The van der Waals surface area contributed by atoms with E-state index in [9.17, 15) is 0 Å². The maximum Gasteiger partial charge on any atom is 0.105 e. The van der Waals surface area contributed by atoms with Crippen LogP contribution in [0, 0.1) is 0 Å². The molecule has 134 valence electrons. The van der Waals surface area contributed by atoms with Gasteiger partial charge in [0.1, 0.15) is 5.60 Å². The highest BCUT2D eigenvalue weighted by Crippen LogP contribution is 2.33. The smallest absolute Gasteiger partial charge is 0.105 e. The molecular formula is C19H29ClN2O2. The summed E-state index contributed by atoms with van der Waals surface area (Å²) in [5.74, 6) is 0. The first-order chi connectivity index (χ1) is 11.6. The first kappa shape index (κ1) is 18.2. The lowest BCUT2D eigenvalue weighted by Crippen LogP contribution is -2.47. The van der Waals surface area contributed by atoms with Crippen LogP contribution in [0.4, 0.5) is 0 Å². The van der Waals surface area contributed by atoms with E-state index in [2.05, 4.69) is 30.1 Å². The molecular weight excluding hydrogens is 324 g/mol. The van der Waals surface area contributed by atoms with Crippen LogP contribution in [0.3, 0.4) is 0 Å². The van der Waals surface area contributed by atoms with Crippen LogP contribution in [-0.4, -0.2) is 55.5 Å².